The number of rotatable bonds is 1. The minimum Gasteiger partial charge on any atom is -0.325 e. The number of nitrogens with two attached hydrogens (primary N) is 1. The number of hydrogen-bond acceptors (Lipinski definition) is 2. The van der Waals surface area contributed by atoms with Crippen LogP contribution in [-0.2, 0) is 6.54 Å². The first-order valence-corrected chi connectivity index (χ1v) is 4.35. The zero-order chi connectivity index (χ0) is 9.42. The van der Waals surface area contributed by atoms with E-state index in [4.69, 9.17) is 5.73 Å². The molecule has 0 aliphatic rings. The quantitative estimate of drug-likeness (QED) is 0.712. The Balaban J connectivity index is 2.73. The second-order valence-corrected chi connectivity index (χ2v) is 3.29. The molecule has 2 aromatic heterocycles. The molecule has 0 radical (unpaired) electrons. The summed E-state index contributed by atoms with van der Waals surface area (Å²) < 4.78 is 2.08. The van der Waals surface area contributed by atoms with Crippen molar-refractivity contribution < 1.29 is 0 Å². The average Bonchev–Trinajstić information content (AvgIpc) is 2.42. The Morgan fingerprint density at radius 1 is 1.38 bits per heavy atom. The molecular formula is C10H13N3. The van der Waals surface area contributed by atoms with E-state index in [1.807, 2.05) is 12.4 Å². The Hall–Kier alpha value is -1.35. The molecular weight excluding hydrogens is 162 g/mol. The highest BCUT2D eigenvalue weighted by Gasteiger charge is 2.02. The van der Waals surface area contributed by atoms with Gasteiger partial charge in [-0.15, -0.1) is 0 Å². The molecule has 2 aromatic rings. The van der Waals surface area contributed by atoms with Gasteiger partial charge in [-0.2, -0.15) is 0 Å². The maximum Gasteiger partial charge on any atom is 0.0996 e. The van der Waals surface area contributed by atoms with E-state index in [2.05, 4.69) is 29.3 Å². The lowest BCUT2D eigenvalue weighted by Crippen LogP contribution is -2.01. The van der Waals surface area contributed by atoms with Crippen LogP contribution in [0.5, 0.6) is 0 Å². The molecule has 0 amide bonds. The molecule has 0 bridgehead atoms. The normalized spacial score (nSPS) is 11.0. The molecule has 0 saturated heterocycles. The lowest BCUT2D eigenvalue weighted by atomic mass is 10.3. The van der Waals surface area contributed by atoms with Crippen LogP contribution >= 0.6 is 0 Å². The Labute approximate surface area is 77.2 Å². The number of fused-ring (bicyclic) bond motifs is 1. The summed E-state index contributed by atoms with van der Waals surface area (Å²) in [7, 11) is 0. The minimum absolute atomic E-state index is 0.500. The number of aromatic nitrogens is 2. The molecule has 0 spiro atoms. The molecule has 2 heterocycles. The fraction of sp³-hybridized carbons (Fsp3) is 0.300. The summed E-state index contributed by atoms with van der Waals surface area (Å²) in [6.07, 6.45) is 1.83. The fourth-order valence-corrected chi connectivity index (χ4v) is 1.50. The third-order valence-electron chi connectivity index (χ3n) is 2.44. The van der Waals surface area contributed by atoms with Crippen molar-refractivity contribution in [2.75, 3.05) is 0 Å². The van der Waals surface area contributed by atoms with E-state index >= 15 is 0 Å². The second-order valence-electron chi connectivity index (χ2n) is 3.29. The van der Waals surface area contributed by atoms with Gasteiger partial charge in [-0.25, -0.2) is 4.98 Å². The van der Waals surface area contributed by atoms with E-state index in [9.17, 15) is 0 Å². The summed E-state index contributed by atoms with van der Waals surface area (Å²) in [5, 5.41) is 0. The number of hydrogen-bond donors (Lipinski definition) is 1. The van der Waals surface area contributed by atoms with Crippen molar-refractivity contribution in [3.8, 4) is 0 Å². The van der Waals surface area contributed by atoms with Crippen molar-refractivity contribution in [2.45, 2.75) is 20.4 Å². The Bertz CT molecular complexity index is 443. The van der Waals surface area contributed by atoms with E-state index < -0.39 is 0 Å². The molecule has 0 atom stereocenters. The third kappa shape index (κ3) is 1.21. The predicted octanol–water partition coefficient (Wildman–Crippen LogP) is 1.41. The van der Waals surface area contributed by atoms with Gasteiger partial charge in [-0.1, -0.05) is 0 Å². The predicted molar refractivity (Wildman–Crippen MR) is 52.6 cm³/mol. The lowest BCUT2D eigenvalue weighted by molar-refractivity contribution is 0.939. The molecule has 2 rings (SSSR count). The van der Waals surface area contributed by atoms with Crippen LogP contribution in [0.25, 0.3) is 5.52 Å². The van der Waals surface area contributed by atoms with Gasteiger partial charge in [0, 0.05) is 17.8 Å². The van der Waals surface area contributed by atoms with Crippen molar-refractivity contribution >= 4 is 5.52 Å². The first kappa shape index (κ1) is 8.26. The molecule has 3 heteroatoms. The Morgan fingerprint density at radius 2 is 2.15 bits per heavy atom. The highest BCUT2D eigenvalue weighted by atomic mass is 15.0. The Kier molecular flexibility index (Phi) is 1.81. The van der Waals surface area contributed by atoms with Gasteiger partial charge in [0.1, 0.15) is 0 Å². The summed E-state index contributed by atoms with van der Waals surface area (Å²) in [5.74, 6) is 0. The smallest absolute Gasteiger partial charge is 0.0996 e. The van der Waals surface area contributed by atoms with E-state index in [1.165, 1.54) is 16.8 Å². The molecule has 0 aliphatic carbocycles. The van der Waals surface area contributed by atoms with Crippen molar-refractivity contribution in [2.24, 2.45) is 5.73 Å². The summed E-state index contributed by atoms with van der Waals surface area (Å²) in [6, 6.07) is 4.18. The number of aryl methyl sites for hydroxylation is 2. The first-order valence-electron chi connectivity index (χ1n) is 4.35. The molecule has 13 heavy (non-hydrogen) atoms. The van der Waals surface area contributed by atoms with Crippen molar-refractivity contribution in [3.05, 3.63) is 35.4 Å². The molecule has 3 nitrogen and oxygen atoms in total. The van der Waals surface area contributed by atoms with Crippen LogP contribution in [0.4, 0.5) is 0 Å². The minimum atomic E-state index is 0.500. The highest BCUT2D eigenvalue weighted by Crippen LogP contribution is 2.14. The van der Waals surface area contributed by atoms with Crippen LogP contribution in [0.2, 0.25) is 0 Å². The van der Waals surface area contributed by atoms with Gasteiger partial charge in [0.2, 0.25) is 0 Å². The first-order chi connectivity index (χ1) is 6.22. The highest BCUT2D eigenvalue weighted by molar-refractivity contribution is 5.53. The van der Waals surface area contributed by atoms with E-state index in [-0.39, 0.29) is 0 Å². The van der Waals surface area contributed by atoms with Gasteiger partial charge >= 0.3 is 0 Å². The topological polar surface area (TPSA) is 43.3 Å². The van der Waals surface area contributed by atoms with Crippen LogP contribution in [0.15, 0.2) is 18.5 Å². The van der Waals surface area contributed by atoms with Crippen molar-refractivity contribution in [3.63, 3.8) is 0 Å². The van der Waals surface area contributed by atoms with Crippen molar-refractivity contribution in [1.82, 2.24) is 9.38 Å². The maximum absolute atomic E-state index is 5.51. The monoisotopic (exact) mass is 175 g/mol. The molecule has 0 aliphatic heterocycles. The summed E-state index contributed by atoms with van der Waals surface area (Å²) in [6.45, 7) is 4.69. The molecule has 0 aromatic carbocycles. The maximum atomic E-state index is 5.51. The van der Waals surface area contributed by atoms with Crippen LogP contribution in [0, 0.1) is 13.8 Å². The van der Waals surface area contributed by atoms with Gasteiger partial charge < -0.3 is 10.1 Å². The van der Waals surface area contributed by atoms with Crippen LogP contribution in [-0.4, -0.2) is 9.38 Å². The lowest BCUT2D eigenvalue weighted by Gasteiger charge is -1.99. The molecule has 0 fully saturated rings. The van der Waals surface area contributed by atoms with E-state index in [0.29, 0.717) is 6.54 Å². The standard InChI is InChI=1S/C10H13N3/c1-7-3-10-4-9(5-11)12-6-13(10)8(7)2/h3-4,6H,5,11H2,1-2H3. The van der Waals surface area contributed by atoms with Gasteiger partial charge in [-0.05, 0) is 31.5 Å². The van der Waals surface area contributed by atoms with Gasteiger partial charge in [0.25, 0.3) is 0 Å². The molecule has 0 unspecified atom stereocenters. The second kappa shape index (κ2) is 2.85. The van der Waals surface area contributed by atoms with E-state index in [0.717, 1.165) is 5.69 Å². The largest absolute Gasteiger partial charge is 0.325 e. The van der Waals surface area contributed by atoms with Gasteiger partial charge in [0.15, 0.2) is 0 Å². The van der Waals surface area contributed by atoms with Crippen LogP contribution < -0.4 is 5.73 Å². The molecule has 0 saturated carbocycles. The average molecular weight is 175 g/mol. The van der Waals surface area contributed by atoms with E-state index in [1.54, 1.807) is 0 Å². The zero-order valence-electron chi connectivity index (χ0n) is 7.91. The number of nitrogens with zero attached hydrogens (tertiary/aromatic N) is 2. The SMILES string of the molecule is Cc1cc2cc(CN)ncn2c1C. The molecule has 68 valence electrons. The van der Waals surface area contributed by atoms with Gasteiger partial charge in [0.05, 0.1) is 12.0 Å². The van der Waals surface area contributed by atoms with Crippen LogP contribution in [0.1, 0.15) is 17.0 Å². The summed E-state index contributed by atoms with van der Waals surface area (Å²) in [5.41, 5.74) is 10.2. The molecule has 2 N–H and O–H groups in total. The zero-order valence-corrected chi connectivity index (χ0v) is 7.91. The van der Waals surface area contributed by atoms with Crippen molar-refractivity contribution in [1.29, 1.82) is 0 Å². The summed E-state index contributed by atoms with van der Waals surface area (Å²) >= 11 is 0. The van der Waals surface area contributed by atoms with Gasteiger partial charge in [-0.3, -0.25) is 0 Å². The third-order valence-corrected chi connectivity index (χ3v) is 2.44. The van der Waals surface area contributed by atoms with Crippen LogP contribution in [0.3, 0.4) is 0 Å². The summed E-state index contributed by atoms with van der Waals surface area (Å²) in [4.78, 5) is 4.24. The fourth-order valence-electron chi connectivity index (χ4n) is 1.50. The Morgan fingerprint density at radius 3 is 2.85 bits per heavy atom.